The molecule has 0 radical (unpaired) electrons. The van der Waals surface area contributed by atoms with Crippen LogP contribution < -0.4 is 21.3 Å². The number of morpholine rings is 1. The maximum absolute atomic E-state index is 13.8. The number of amides is 3. The summed E-state index contributed by atoms with van der Waals surface area (Å²) < 4.78 is 32.7. The Balaban J connectivity index is 1.51. The molecule has 180 valence electrons. The van der Waals surface area contributed by atoms with Gasteiger partial charge in [-0.05, 0) is 55.7 Å². The largest absolute Gasteiger partial charge is 0.370 e. The minimum atomic E-state index is -2.89. The predicted molar refractivity (Wildman–Crippen MR) is 118 cm³/mol. The second kappa shape index (κ2) is 10.1. The summed E-state index contributed by atoms with van der Waals surface area (Å²) in [7, 11) is 0. The third-order valence-corrected chi connectivity index (χ3v) is 7.05. The summed E-state index contributed by atoms with van der Waals surface area (Å²) in [6.07, 6.45) is 3.51. The summed E-state index contributed by atoms with van der Waals surface area (Å²) in [5.74, 6) is -1.14. The van der Waals surface area contributed by atoms with Crippen molar-refractivity contribution in [3.8, 4) is 0 Å². The lowest BCUT2D eigenvalue weighted by molar-refractivity contribution is -0.129. The highest BCUT2D eigenvalue weighted by Crippen LogP contribution is 2.40. The lowest BCUT2D eigenvalue weighted by Crippen LogP contribution is -2.58. The fourth-order valence-corrected chi connectivity index (χ4v) is 4.74. The highest BCUT2D eigenvalue weighted by molar-refractivity contribution is 6.10. The van der Waals surface area contributed by atoms with E-state index in [1.165, 1.54) is 23.1 Å². The van der Waals surface area contributed by atoms with Gasteiger partial charge in [0, 0.05) is 29.5 Å². The van der Waals surface area contributed by atoms with Crippen molar-refractivity contribution >= 4 is 29.1 Å². The van der Waals surface area contributed by atoms with E-state index in [0.29, 0.717) is 24.1 Å². The molecule has 3 fully saturated rings. The fourth-order valence-electron chi connectivity index (χ4n) is 4.74. The van der Waals surface area contributed by atoms with E-state index in [4.69, 9.17) is 10.5 Å². The Kier molecular flexibility index (Phi) is 7.23. The van der Waals surface area contributed by atoms with E-state index in [1.54, 1.807) is 0 Å². The standard InChI is InChI=1S/C23H30F2N4O4/c24-21(25)16-11-15(29-9-10-33-12-18(29)30)7-8-17(16)27-23(32)20(22(26)31)28-19(13-3-1-4-13)14-5-2-6-14/h7-8,11,13-14,19-21,28H,1-6,9-10,12H2,(H2,26,31)(H,27,32)/t20-/m0/s1. The number of alkyl halides is 2. The predicted octanol–water partition coefficient (Wildman–Crippen LogP) is 2.34. The maximum Gasteiger partial charge on any atom is 0.265 e. The smallest absolute Gasteiger partial charge is 0.265 e. The SMILES string of the molecule is NC(=O)[C@H](NC(C1CCC1)C1CCC1)C(=O)Nc1ccc(N2CCOCC2=O)cc1C(F)F. The Morgan fingerprint density at radius 2 is 1.79 bits per heavy atom. The van der Waals surface area contributed by atoms with Crippen molar-refractivity contribution in [3.05, 3.63) is 23.8 Å². The quantitative estimate of drug-likeness (QED) is 0.486. The van der Waals surface area contributed by atoms with Crippen molar-refractivity contribution in [1.82, 2.24) is 5.32 Å². The van der Waals surface area contributed by atoms with Crippen LogP contribution in [0, 0.1) is 11.8 Å². The second-order valence-corrected chi connectivity index (χ2v) is 9.07. The fraction of sp³-hybridized carbons (Fsp3) is 0.609. The highest BCUT2D eigenvalue weighted by atomic mass is 19.3. The first-order valence-corrected chi connectivity index (χ1v) is 11.5. The summed E-state index contributed by atoms with van der Waals surface area (Å²) in [4.78, 5) is 38.5. The Morgan fingerprint density at radius 3 is 2.30 bits per heavy atom. The Bertz CT molecular complexity index is 890. The number of benzene rings is 1. The first-order chi connectivity index (χ1) is 15.8. The lowest BCUT2D eigenvalue weighted by Gasteiger charge is -2.44. The molecular weight excluding hydrogens is 434 g/mol. The lowest BCUT2D eigenvalue weighted by atomic mass is 9.68. The third kappa shape index (κ3) is 5.16. The molecular formula is C23H30F2N4O4. The molecule has 1 heterocycles. The molecule has 1 aliphatic heterocycles. The average Bonchev–Trinajstić information content (AvgIpc) is 2.69. The molecule has 2 aliphatic carbocycles. The van der Waals surface area contributed by atoms with E-state index in [1.807, 2.05) is 0 Å². The third-order valence-electron chi connectivity index (χ3n) is 7.05. The molecule has 4 rings (SSSR count). The average molecular weight is 465 g/mol. The zero-order valence-electron chi connectivity index (χ0n) is 18.4. The molecule has 0 unspecified atom stereocenters. The molecule has 1 aromatic carbocycles. The molecule has 0 spiro atoms. The van der Waals surface area contributed by atoms with Crippen LogP contribution in [0.1, 0.15) is 50.5 Å². The number of anilines is 2. The zero-order chi connectivity index (χ0) is 23.5. The van der Waals surface area contributed by atoms with Crippen molar-refractivity contribution in [3.63, 3.8) is 0 Å². The molecule has 1 aromatic rings. The van der Waals surface area contributed by atoms with Gasteiger partial charge in [-0.15, -0.1) is 0 Å². The van der Waals surface area contributed by atoms with Gasteiger partial charge in [0.05, 0.1) is 6.61 Å². The van der Waals surface area contributed by atoms with Crippen LogP contribution >= 0.6 is 0 Å². The Labute approximate surface area is 191 Å². The normalized spacial score (nSPS) is 20.5. The highest BCUT2D eigenvalue weighted by Gasteiger charge is 2.39. The second-order valence-electron chi connectivity index (χ2n) is 9.07. The molecule has 8 nitrogen and oxygen atoms in total. The molecule has 1 saturated heterocycles. The van der Waals surface area contributed by atoms with Crippen LogP contribution in [0.2, 0.25) is 0 Å². The van der Waals surface area contributed by atoms with E-state index in [2.05, 4.69) is 10.6 Å². The van der Waals surface area contributed by atoms with Crippen LogP contribution in [0.3, 0.4) is 0 Å². The number of nitrogens with one attached hydrogen (secondary N) is 2. The van der Waals surface area contributed by atoms with Crippen LogP contribution in [0.4, 0.5) is 20.2 Å². The molecule has 4 N–H and O–H groups in total. The van der Waals surface area contributed by atoms with Gasteiger partial charge in [0.15, 0.2) is 6.04 Å². The van der Waals surface area contributed by atoms with Gasteiger partial charge in [0.25, 0.3) is 18.2 Å². The number of primary amides is 1. The number of carbonyl (C=O) groups is 3. The number of rotatable bonds is 9. The van der Waals surface area contributed by atoms with Gasteiger partial charge >= 0.3 is 0 Å². The molecule has 33 heavy (non-hydrogen) atoms. The number of nitrogens with zero attached hydrogens (tertiary/aromatic N) is 1. The molecule has 0 bridgehead atoms. The van der Waals surface area contributed by atoms with Crippen molar-refractivity contribution < 1.29 is 27.9 Å². The van der Waals surface area contributed by atoms with E-state index < -0.39 is 29.8 Å². The van der Waals surface area contributed by atoms with Crippen molar-refractivity contribution in [2.45, 2.75) is 57.0 Å². The molecule has 2 saturated carbocycles. The van der Waals surface area contributed by atoms with E-state index >= 15 is 0 Å². The van der Waals surface area contributed by atoms with Gasteiger partial charge in [-0.1, -0.05) is 12.8 Å². The van der Waals surface area contributed by atoms with E-state index in [0.717, 1.165) is 38.5 Å². The first kappa shape index (κ1) is 23.6. The maximum atomic E-state index is 13.8. The summed E-state index contributed by atoms with van der Waals surface area (Å²) in [6, 6.07) is 2.69. The van der Waals surface area contributed by atoms with E-state index in [9.17, 15) is 23.2 Å². The number of hydrogen-bond donors (Lipinski definition) is 3. The van der Waals surface area contributed by atoms with Gasteiger partial charge in [-0.25, -0.2) is 8.78 Å². The van der Waals surface area contributed by atoms with Gasteiger partial charge in [-0.2, -0.15) is 0 Å². The number of hydrogen-bond acceptors (Lipinski definition) is 5. The minimum Gasteiger partial charge on any atom is -0.370 e. The van der Waals surface area contributed by atoms with Gasteiger partial charge in [0.2, 0.25) is 5.91 Å². The van der Waals surface area contributed by atoms with Gasteiger partial charge in [0.1, 0.15) is 6.61 Å². The summed E-state index contributed by atoms with van der Waals surface area (Å²) in [5, 5.41) is 5.61. The molecule has 0 aromatic heterocycles. The van der Waals surface area contributed by atoms with Crippen LogP contribution in [0.5, 0.6) is 0 Å². The number of carbonyl (C=O) groups excluding carboxylic acids is 3. The Morgan fingerprint density at radius 1 is 1.12 bits per heavy atom. The zero-order valence-corrected chi connectivity index (χ0v) is 18.4. The number of halogens is 2. The summed E-state index contributed by atoms with van der Waals surface area (Å²) in [6.45, 7) is 0.450. The van der Waals surface area contributed by atoms with Crippen LogP contribution in [-0.4, -0.2) is 49.6 Å². The Hall–Kier alpha value is -2.59. The topological polar surface area (TPSA) is 114 Å². The van der Waals surface area contributed by atoms with Crippen molar-refractivity contribution in [2.75, 3.05) is 30.0 Å². The number of ether oxygens (including phenoxy) is 1. The summed E-state index contributed by atoms with van der Waals surface area (Å²) in [5.41, 5.74) is 5.28. The molecule has 3 amide bonds. The van der Waals surface area contributed by atoms with Crippen LogP contribution in [0.15, 0.2) is 18.2 Å². The minimum absolute atomic E-state index is 0.0139. The van der Waals surface area contributed by atoms with Crippen LogP contribution in [-0.2, 0) is 19.1 Å². The molecule has 10 heteroatoms. The van der Waals surface area contributed by atoms with Gasteiger partial charge < -0.3 is 20.7 Å². The van der Waals surface area contributed by atoms with E-state index in [-0.39, 0.29) is 30.8 Å². The monoisotopic (exact) mass is 464 g/mol. The number of nitrogens with two attached hydrogens (primary N) is 1. The van der Waals surface area contributed by atoms with Gasteiger partial charge in [-0.3, -0.25) is 19.7 Å². The van der Waals surface area contributed by atoms with Crippen molar-refractivity contribution in [2.24, 2.45) is 17.6 Å². The molecule has 1 atom stereocenters. The van der Waals surface area contributed by atoms with Crippen LogP contribution in [0.25, 0.3) is 0 Å². The van der Waals surface area contributed by atoms with Crippen molar-refractivity contribution in [1.29, 1.82) is 0 Å². The summed E-state index contributed by atoms with van der Waals surface area (Å²) >= 11 is 0. The molecule has 3 aliphatic rings. The first-order valence-electron chi connectivity index (χ1n) is 11.5.